The average molecular weight is 310 g/mol. The van der Waals surface area contributed by atoms with Crippen molar-refractivity contribution in [3.8, 4) is 0 Å². The number of aromatic amines is 1. The highest BCUT2D eigenvalue weighted by Gasteiger charge is 2.07. The zero-order valence-electron chi connectivity index (χ0n) is 10.0. The number of nitrogens with two attached hydrogens (primary N) is 1. The highest BCUT2D eigenvalue weighted by Crippen LogP contribution is 2.16. The van der Waals surface area contributed by atoms with E-state index in [1.807, 2.05) is 24.3 Å². The fourth-order valence-electron chi connectivity index (χ4n) is 1.84. The molecule has 0 radical (unpaired) electrons. The molecule has 5 heteroatoms. The van der Waals surface area contributed by atoms with Crippen LogP contribution in [0.2, 0.25) is 0 Å². The summed E-state index contributed by atoms with van der Waals surface area (Å²) in [6.07, 6.45) is 3.34. The summed E-state index contributed by atoms with van der Waals surface area (Å²) >= 11 is 3.48. The fraction of sp³-hybridized carbons (Fsp3) is 0.308. The Kier molecular flexibility index (Phi) is 4.38. The molecular formula is C13H16BrN3O. The van der Waals surface area contributed by atoms with Crippen LogP contribution >= 0.6 is 15.9 Å². The molecule has 0 amide bonds. The molecule has 2 aromatic rings. The number of nitrogens with zero attached hydrogens (tertiary/aromatic N) is 1. The van der Waals surface area contributed by atoms with E-state index in [0.29, 0.717) is 13.1 Å². The SMILES string of the molecule is NCCCc1c[nH]n(Cc2ccccc2Br)c1=O. The summed E-state index contributed by atoms with van der Waals surface area (Å²) in [6, 6.07) is 7.89. The Balaban J connectivity index is 2.18. The van der Waals surface area contributed by atoms with Crippen LogP contribution in [0.4, 0.5) is 0 Å². The molecule has 1 aromatic heterocycles. The van der Waals surface area contributed by atoms with Crippen LogP contribution in [0, 0.1) is 0 Å². The molecule has 0 saturated heterocycles. The van der Waals surface area contributed by atoms with Gasteiger partial charge in [-0.2, -0.15) is 0 Å². The largest absolute Gasteiger partial charge is 0.330 e. The lowest BCUT2D eigenvalue weighted by Gasteiger charge is -2.04. The molecule has 1 aromatic carbocycles. The predicted molar refractivity (Wildman–Crippen MR) is 75.7 cm³/mol. The summed E-state index contributed by atoms with van der Waals surface area (Å²) in [5, 5.41) is 3.00. The molecule has 96 valence electrons. The maximum atomic E-state index is 12.1. The van der Waals surface area contributed by atoms with E-state index in [1.165, 1.54) is 0 Å². The van der Waals surface area contributed by atoms with Gasteiger partial charge < -0.3 is 10.8 Å². The lowest BCUT2D eigenvalue weighted by molar-refractivity contribution is 0.659. The van der Waals surface area contributed by atoms with E-state index in [2.05, 4.69) is 21.0 Å². The van der Waals surface area contributed by atoms with Crippen LogP contribution in [-0.2, 0) is 13.0 Å². The van der Waals surface area contributed by atoms with Gasteiger partial charge in [0.1, 0.15) is 0 Å². The monoisotopic (exact) mass is 309 g/mol. The van der Waals surface area contributed by atoms with Gasteiger partial charge >= 0.3 is 0 Å². The minimum absolute atomic E-state index is 0.0409. The van der Waals surface area contributed by atoms with Crippen molar-refractivity contribution in [2.24, 2.45) is 5.73 Å². The molecule has 0 fully saturated rings. The van der Waals surface area contributed by atoms with Gasteiger partial charge in [0.05, 0.1) is 6.54 Å². The van der Waals surface area contributed by atoms with Crippen LogP contribution in [0.25, 0.3) is 0 Å². The van der Waals surface area contributed by atoms with E-state index in [9.17, 15) is 4.79 Å². The number of hydrogen-bond donors (Lipinski definition) is 2. The topological polar surface area (TPSA) is 63.8 Å². The molecule has 1 heterocycles. The van der Waals surface area contributed by atoms with Crippen molar-refractivity contribution in [3.63, 3.8) is 0 Å². The summed E-state index contributed by atoms with van der Waals surface area (Å²) in [6.45, 7) is 1.15. The van der Waals surface area contributed by atoms with E-state index in [4.69, 9.17) is 5.73 Å². The van der Waals surface area contributed by atoms with Gasteiger partial charge in [-0.05, 0) is 31.0 Å². The van der Waals surface area contributed by atoms with Crippen molar-refractivity contribution in [1.29, 1.82) is 0 Å². The molecule has 0 spiro atoms. The van der Waals surface area contributed by atoms with Crippen LogP contribution in [0.1, 0.15) is 17.5 Å². The van der Waals surface area contributed by atoms with Crippen LogP contribution in [0.3, 0.4) is 0 Å². The minimum atomic E-state index is 0.0409. The van der Waals surface area contributed by atoms with Gasteiger partial charge in [0.25, 0.3) is 5.56 Å². The van der Waals surface area contributed by atoms with Crippen LogP contribution in [0.15, 0.2) is 39.7 Å². The van der Waals surface area contributed by atoms with Crippen LogP contribution in [-0.4, -0.2) is 16.3 Å². The van der Waals surface area contributed by atoms with Gasteiger partial charge in [-0.15, -0.1) is 0 Å². The average Bonchev–Trinajstić information content (AvgIpc) is 2.71. The maximum Gasteiger partial charge on any atom is 0.269 e. The number of nitrogens with one attached hydrogen (secondary N) is 1. The number of halogens is 1. The Hall–Kier alpha value is -1.33. The molecular weight excluding hydrogens is 294 g/mol. The summed E-state index contributed by atoms with van der Waals surface area (Å²) in [5.74, 6) is 0. The van der Waals surface area contributed by atoms with E-state index >= 15 is 0 Å². The predicted octanol–water partition coefficient (Wildman–Crippen LogP) is 1.88. The van der Waals surface area contributed by atoms with E-state index in [1.54, 1.807) is 10.9 Å². The zero-order valence-corrected chi connectivity index (χ0v) is 11.6. The number of aromatic nitrogens is 2. The Bertz CT molecular complexity index is 574. The minimum Gasteiger partial charge on any atom is -0.330 e. The molecule has 3 N–H and O–H groups in total. The Morgan fingerprint density at radius 1 is 1.28 bits per heavy atom. The van der Waals surface area contributed by atoms with Crippen molar-refractivity contribution < 1.29 is 0 Å². The van der Waals surface area contributed by atoms with E-state index < -0.39 is 0 Å². The first-order valence-electron chi connectivity index (χ1n) is 5.93. The number of H-pyrrole nitrogens is 1. The normalized spacial score (nSPS) is 10.8. The van der Waals surface area contributed by atoms with Crippen LogP contribution < -0.4 is 11.3 Å². The van der Waals surface area contributed by atoms with Crippen molar-refractivity contribution in [2.75, 3.05) is 6.54 Å². The Labute approximate surface area is 114 Å². The standard InChI is InChI=1S/C13H16BrN3O/c14-12-6-2-1-4-11(12)9-17-13(18)10(8-16-17)5-3-7-15/h1-2,4,6,8,16H,3,5,7,9,15H2. The molecule has 2 rings (SSSR count). The summed E-state index contributed by atoms with van der Waals surface area (Å²) in [5.41, 5.74) is 7.37. The third kappa shape index (κ3) is 2.91. The van der Waals surface area contributed by atoms with Gasteiger partial charge in [0, 0.05) is 16.2 Å². The first-order chi connectivity index (χ1) is 8.72. The summed E-state index contributed by atoms with van der Waals surface area (Å²) in [4.78, 5) is 12.1. The lowest BCUT2D eigenvalue weighted by Crippen LogP contribution is -2.20. The molecule has 18 heavy (non-hydrogen) atoms. The third-order valence-electron chi connectivity index (χ3n) is 2.85. The Morgan fingerprint density at radius 2 is 2.06 bits per heavy atom. The molecule has 0 saturated carbocycles. The van der Waals surface area contributed by atoms with Crippen molar-refractivity contribution in [2.45, 2.75) is 19.4 Å². The number of benzene rings is 1. The molecule has 0 aliphatic carbocycles. The van der Waals surface area contributed by atoms with Crippen LogP contribution in [0.5, 0.6) is 0 Å². The fourth-order valence-corrected chi connectivity index (χ4v) is 2.25. The van der Waals surface area contributed by atoms with Crippen molar-refractivity contribution in [3.05, 3.63) is 56.4 Å². The molecule has 0 aliphatic heterocycles. The number of hydrogen-bond acceptors (Lipinski definition) is 2. The van der Waals surface area contributed by atoms with Gasteiger partial charge in [0.15, 0.2) is 0 Å². The smallest absolute Gasteiger partial charge is 0.269 e. The second kappa shape index (κ2) is 6.02. The quantitative estimate of drug-likeness (QED) is 0.885. The molecule has 4 nitrogen and oxygen atoms in total. The number of rotatable bonds is 5. The first-order valence-corrected chi connectivity index (χ1v) is 6.72. The molecule has 0 atom stereocenters. The number of aryl methyl sites for hydroxylation is 1. The highest BCUT2D eigenvalue weighted by molar-refractivity contribution is 9.10. The Morgan fingerprint density at radius 3 is 2.78 bits per heavy atom. The highest BCUT2D eigenvalue weighted by atomic mass is 79.9. The van der Waals surface area contributed by atoms with E-state index in [-0.39, 0.29) is 5.56 Å². The first kappa shape index (κ1) is 13.1. The van der Waals surface area contributed by atoms with Gasteiger partial charge in [-0.3, -0.25) is 4.79 Å². The summed E-state index contributed by atoms with van der Waals surface area (Å²) < 4.78 is 2.63. The van der Waals surface area contributed by atoms with Crippen molar-refractivity contribution >= 4 is 15.9 Å². The maximum absolute atomic E-state index is 12.1. The van der Waals surface area contributed by atoms with Crippen molar-refractivity contribution in [1.82, 2.24) is 9.78 Å². The van der Waals surface area contributed by atoms with E-state index in [0.717, 1.165) is 28.4 Å². The third-order valence-corrected chi connectivity index (χ3v) is 3.62. The lowest BCUT2D eigenvalue weighted by atomic mass is 10.2. The second-order valence-electron chi connectivity index (χ2n) is 4.17. The zero-order chi connectivity index (χ0) is 13.0. The second-order valence-corrected chi connectivity index (χ2v) is 5.03. The molecule has 0 unspecified atom stereocenters. The molecule has 0 aliphatic rings. The van der Waals surface area contributed by atoms with Gasteiger partial charge in [-0.25, -0.2) is 4.68 Å². The van der Waals surface area contributed by atoms with Gasteiger partial charge in [-0.1, -0.05) is 34.1 Å². The molecule has 0 bridgehead atoms. The summed E-state index contributed by atoms with van der Waals surface area (Å²) in [7, 11) is 0. The van der Waals surface area contributed by atoms with Gasteiger partial charge in [0.2, 0.25) is 0 Å².